The summed E-state index contributed by atoms with van der Waals surface area (Å²) in [5.41, 5.74) is 0. The Morgan fingerprint density at radius 3 is 2.40 bits per heavy atom. The van der Waals surface area contributed by atoms with Crippen LogP contribution in [0.4, 0.5) is 0 Å². The fourth-order valence-electron chi connectivity index (χ4n) is 2.43. The molecule has 0 aliphatic heterocycles. The number of ether oxygens (including phenoxy) is 1. The third-order valence-electron chi connectivity index (χ3n) is 3.68. The first-order chi connectivity index (χ1) is 7.17. The summed E-state index contributed by atoms with van der Waals surface area (Å²) >= 11 is 0. The van der Waals surface area contributed by atoms with Crippen molar-refractivity contribution in [3.63, 3.8) is 0 Å². The van der Waals surface area contributed by atoms with Crippen molar-refractivity contribution < 1.29 is 4.74 Å². The lowest BCUT2D eigenvalue weighted by atomic mass is 9.90. The number of methoxy groups -OCH3 is 1. The van der Waals surface area contributed by atoms with Crippen LogP contribution in [0.1, 0.15) is 32.6 Å². The van der Waals surface area contributed by atoms with E-state index in [0.29, 0.717) is 6.10 Å². The van der Waals surface area contributed by atoms with Gasteiger partial charge in [-0.25, -0.2) is 0 Å². The molecule has 3 nitrogen and oxygen atoms in total. The summed E-state index contributed by atoms with van der Waals surface area (Å²) in [6, 6.07) is 1.50. The van der Waals surface area contributed by atoms with Gasteiger partial charge in [-0.2, -0.15) is 0 Å². The molecule has 1 N–H and O–H groups in total. The number of nitrogens with one attached hydrogen (secondary N) is 1. The van der Waals surface area contributed by atoms with E-state index in [1.54, 1.807) is 7.11 Å². The number of likely N-dealkylation sites (N-methyl/N-ethyl adjacent to an activating group) is 1. The van der Waals surface area contributed by atoms with Crippen LogP contribution in [0.5, 0.6) is 0 Å². The van der Waals surface area contributed by atoms with Gasteiger partial charge in [0.25, 0.3) is 0 Å². The Labute approximate surface area is 94.2 Å². The van der Waals surface area contributed by atoms with Crippen molar-refractivity contribution in [2.75, 3.05) is 27.7 Å². The van der Waals surface area contributed by atoms with E-state index in [0.717, 1.165) is 18.6 Å². The minimum Gasteiger partial charge on any atom is -0.380 e. The molecule has 1 aliphatic rings. The monoisotopic (exact) mass is 214 g/mol. The van der Waals surface area contributed by atoms with Crippen LogP contribution in [-0.2, 0) is 4.74 Å². The zero-order valence-corrected chi connectivity index (χ0v) is 10.6. The Bertz CT molecular complexity index is 167. The van der Waals surface area contributed by atoms with Crippen molar-refractivity contribution in [2.24, 2.45) is 0 Å². The molecule has 1 atom stereocenters. The maximum Gasteiger partial charge on any atom is 0.0670 e. The Kier molecular flexibility index (Phi) is 5.58. The Morgan fingerprint density at radius 2 is 1.93 bits per heavy atom. The number of hydrogen-bond donors (Lipinski definition) is 1. The predicted molar refractivity (Wildman–Crippen MR) is 64.2 cm³/mol. The van der Waals surface area contributed by atoms with Crippen molar-refractivity contribution in [2.45, 2.75) is 50.8 Å². The van der Waals surface area contributed by atoms with Crippen LogP contribution in [0.2, 0.25) is 0 Å². The highest BCUT2D eigenvalue weighted by atomic mass is 16.5. The normalized spacial score (nSPS) is 29.4. The van der Waals surface area contributed by atoms with Crippen molar-refractivity contribution in [3.05, 3.63) is 0 Å². The van der Waals surface area contributed by atoms with E-state index in [1.807, 2.05) is 0 Å². The van der Waals surface area contributed by atoms with Crippen molar-refractivity contribution in [1.29, 1.82) is 0 Å². The topological polar surface area (TPSA) is 24.5 Å². The van der Waals surface area contributed by atoms with Crippen LogP contribution in [0.15, 0.2) is 0 Å². The van der Waals surface area contributed by atoms with Crippen LogP contribution in [0.3, 0.4) is 0 Å². The van der Waals surface area contributed by atoms with Crippen molar-refractivity contribution in [1.82, 2.24) is 10.2 Å². The third kappa shape index (κ3) is 4.09. The molecule has 1 fully saturated rings. The molecule has 3 heteroatoms. The van der Waals surface area contributed by atoms with Crippen LogP contribution < -0.4 is 5.32 Å². The first-order valence-corrected chi connectivity index (χ1v) is 6.07. The van der Waals surface area contributed by atoms with Crippen LogP contribution in [-0.4, -0.2) is 50.8 Å². The lowest BCUT2D eigenvalue weighted by molar-refractivity contribution is 0.0618. The molecule has 0 aromatic heterocycles. The third-order valence-corrected chi connectivity index (χ3v) is 3.68. The van der Waals surface area contributed by atoms with Crippen molar-refractivity contribution in [3.8, 4) is 0 Å². The lowest BCUT2D eigenvalue weighted by Gasteiger charge is -2.35. The maximum absolute atomic E-state index is 5.30. The van der Waals surface area contributed by atoms with Crippen LogP contribution in [0, 0.1) is 0 Å². The van der Waals surface area contributed by atoms with Crippen LogP contribution >= 0.6 is 0 Å². The van der Waals surface area contributed by atoms with E-state index < -0.39 is 0 Å². The largest absolute Gasteiger partial charge is 0.380 e. The summed E-state index contributed by atoms with van der Waals surface area (Å²) in [7, 11) is 6.08. The molecule has 1 rings (SSSR count). The molecule has 90 valence electrons. The predicted octanol–water partition coefficient (Wildman–Crippen LogP) is 1.48. The summed E-state index contributed by atoms with van der Waals surface area (Å²) in [5, 5.41) is 3.37. The highest BCUT2D eigenvalue weighted by Gasteiger charge is 2.23. The molecule has 0 saturated heterocycles. The molecule has 1 unspecified atom stereocenters. The summed E-state index contributed by atoms with van der Waals surface area (Å²) in [6.45, 7) is 3.18. The van der Waals surface area contributed by atoms with Gasteiger partial charge in [0.15, 0.2) is 0 Å². The second-order valence-corrected chi connectivity index (χ2v) is 4.78. The average Bonchev–Trinajstić information content (AvgIpc) is 2.29. The fraction of sp³-hybridized carbons (Fsp3) is 1.00. The smallest absolute Gasteiger partial charge is 0.0670 e. The highest BCUT2D eigenvalue weighted by molar-refractivity contribution is 4.81. The molecule has 0 heterocycles. The van der Waals surface area contributed by atoms with E-state index in [9.17, 15) is 0 Å². The van der Waals surface area contributed by atoms with E-state index >= 15 is 0 Å². The quantitative estimate of drug-likeness (QED) is 0.750. The van der Waals surface area contributed by atoms with E-state index in [1.165, 1.54) is 25.7 Å². The molecular formula is C12H26N2O. The van der Waals surface area contributed by atoms with Gasteiger partial charge in [0, 0.05) is 25.7 Å². The molecule has 15 heavy (non-hydrogen) atoms. The van der Waals surface area contributed by atoms with E-state index in [4.69, 9.17) is 4.74 Å². The molecule has 0 spiro atoms. The van der Waals surface area contributed by atoms with Gasteiger partial charge >= 0.3 is 0 Å². The fourth-order valence-corrected chi connectivity index (χ4v) is 2.43. The van der Waals surface area contributed by atoms with Gasteiger partial charge in [0.1, 0.15) is 0 Å². The second kappa shape index (κ2) is 6.46. The molecule has 1 aliphatic carbocycles. The summed E-state index contributed by atoms with van der Waals surface area (Å²) in [4.78, 5) is 2.46. The summed E-state index contributed by atoms with van der Waals surface area (Å²) in [6.07, 6.45) is 5.61. The summed E-state index contributed by atoms with van der Waals surface area (Å²) in [5.74, 6) is 0. The standard InChI is InChI=1S/C12H26N2O/c1-10(15-4)9-14(3)12-7-5-11(13-2)6-8-12/h10-13H,5-9H2,1-4H3. The molecular weight excluding hydrogens is 188 g/mol. The Balaban J connectivity index is 2.26. The first kappa shape index (κ1) is 12.9. The lowest BCUT2D eigenvalue weighted by Crippen LogP contribution is -2.42. The van der Waals surface area contributed by atoms with E-state index in [-0.39, 0.29) is 0 Å². The van der Waals surface area contributed by atoms with Crippen LogP contribution in [0.25, 0.3) is 0 Å². The number of nitrogens with zero attached hydrogens (tertiary/aromatic N) is 1. The SMILES string of the molecule is CNC1CCC(N(C)CC(C)OC)CC1. The van der Waals surface area contributed by atoms with Gasteiger partial charge in [-0.15, -0.1) is 0 Å². The van der Waals surface area contributed by atoms with Gasteiger partial charge in [-0.1, -0.05) is 0 Å². The molecule has 0 radical (unpaired) electrons. The Morgan fingerprint density at radius 1 is 1.33 bits per heavy atom. The molecule has 0 aromatic rings. The van der Waals surface area contributed by atoms with Gasteiger partial charge < -0.3 is 15.0 Å². The van der Waals surface area contributed by atoms with Gasteiger partial charge in [-0.05, 0) is 46.7 Å². The molecule has 0 amide bonds. The zero-order chi connectivity index (χ0) is 11.3. The average molecular weight is 214 g/mol. The van der Waals surface area contributed by atoms with Crippen molar-refractivity contribution >= 4 is 0 Å². The molecule has 1 saturated carbocycles. The van der Waals surface area contributed by atoms with Gasteiger partial charge in [0.2, 0.25) is 0 Å². The van der Waals surface area contributed by atoms with Gasteiger partial charge in [-0.3, -0.25) is 0 Å². The Hall–Kier alpha value is -0.120. The number of hydrogen-bond acceptors (Lipinski definition) is 3. The zero-order valence-electron chi connectivity index (χ0n) is 10.6. The maximum atomic E-state index is 5.30. The van der Waals surface area contributed by atoms with E-state index in [2.05, 4.69) is 31.2 Å². The second-order valence-electron chi connectivity index (χ2n) is 4.78. The van der Waals surface area contributed by atoms with Gasteiger partial charge in [0.05, 0.1) is 6.10 Å². The molecule has 0 bridgehead atoms. The highest BCUT2D eigenvalue weighted by Crippen LogP contribution is 2.22. The molecule has 0 aromatic carbocycles. The summed E-state index contributed by atoms with van der Waals surface area (Å²) < 4.78 is 5.30. The number of rotatable bonds is 5. The first-order valence-electron chi connectivity index (χ1n) is 6.07. The minimum absolute atomic E-state index is 0.344. The minimum atomic E-state index is 0.344.